The lowest BCUT2D eigenvalue weighted by atomic mass is 10.1. The Morgan fingerprint density at radius 1 is 1.18 bits per heavy atom. The number of carbonyl (C=O) groups excluding carboxylic acids is 1. The number of rotatable bonds is 4. The van der Waals surface area contributed by atoms with E-state index in [4.69, 9.17) is 23.2 Å². The number of anilines is 1. The second-order valence-electron chi connectivity index (χ2n) is 5.79. The van der Waals surface area contributed by atoms with Gasteiger partial charge in [0.15, 0.2) is 5.82 Å². The van der Waals surface area contributed by atoms with Crippen molar-refractivity contribution in [2.24, 2.45) is 0 Å². The van der Waals surface area contributed by atoms with Crippen molar-refractivity contribution in [3.63, 3.8) is 0 Å². The van der Waals surface area contributed by atoms with Gasteiger partial charge in [-0.2, -0.15) is 18.3 Å². The van der Waals surface area contributed by atoms with Gasteiger partial charge in [-0.15, -0.1) is 0 Å². The predicted octanol–water partition coefficient (Wildman–Crippen LogP) is 6.27. The maximum atomic E-state index is 12.8. The van der Waals surface area contributed by atoms with Crippen LogP contribution in [0, 0.1) is 0 Å². The summed E-state index contributed by atoms with van der Waals surface area (Å²) in [6, 6.07) is 9.20. The molecule has 3 aromatic rings. The molecule has 0 aliphatic carbocycles. The van der Waals surface area contributed by atoms with Crippen LogP contribution in [0.15, 0.2) is 53.1 Å². The largest absolute Gasteiger partial charge is 0.416 e. The zero-order chi connectivity index (χ0) is 20.5. The quantitative estimate of drug-likeness (QED) is 0.466. The molecule has 1 N–H and O–H groups in total. The maximum Gasteiger partial charge on any atom is 0.416 e. The van der Waals surface area contributed by atoms with Gasteiger partial charge in [0.05, 0.1) is 16.6 Å². The number of hydrogen-bond donors (Lipinski definition) is 1. The monoisotopic (exact) mass is 491 g/mol. The van der Waals surface area contributed by atoms with Crippen molar-refractivity contribution >= 4 is 50.9 Å². The molecule has 0 unspecified atom stereocenters. The van der Waals surface area contributed by atoms with Crippen LogP contribution in [0.4, 0.5) is 19.0 Å². The Balaban J connectivity index is 1.77. The topological polar surface area (TPSA) is 46.9 Å². The number of nitrogens with one attached hydrogen (secondary N) is 1. The lowest BCUT2D eigenvalue weighted by Gasteiger charge is -2.08. The van der Waals surface area contributed by atoms with Crippen molar-refractivity contribution in [3.8, 4) is 0 Å². The van der Waals surface area contributed by atoms with Gasteiger partial charge in [0.2, 0.25) is 0 Å². The molecule has 0 radical (unpaired) electrons. The van der Waals surface area contributed by atoms with Crippen LogP contribution in [0.25, 0.3) is 0 Å². The molecule has 1 amide bonds. The number of amides is 1. The first-order valence-corrected chi connectivity index (χ1v) is 9.34. The molecule has 146 valence electrons. The number of benzene rings is 2. The first-order chi connectivity index (χ1) is 13.1. The fourth-order valence-electron chi connectivity index (χ4n) is 2.40. The van der Waals surface area contributed by atoms with E-state index in [1.54, 1.807) is 24.4 Å². The summed E-state index contributed by atoms with van der Waals surface area (Å²) in [4.78, 5) is 12.3. The van der Waals surface area contributed by atoms with Gasteiger partial charge in [-0.1, -0.05) is 35.3 Å². The van der Waals surface area contributed by atoms with Gasteiger partial charge in [0.1, 0.15) is 0 Å². The van der Waals surface area contributed by atoms with Crippen LogP contribution in [0.5, 0.6) is 0 Å². The van der Waals surface area contributed by atoms with E-state index in [2.05, 4.69) is 26.3 Å². The minimum absolute atomic E-state index is 0.128. The Morgan fingerprint density at radius 2 is 1.93 bits per heavy atom. The molecule has 1 heterocycles. The van der Waals surface area contributed by atoms with Crippen molar-refractivity contribution in [1.82, 2.24) is 9.78 Å². The van der Waals surface area contributed by atoms with Crippen LogP contribution in [0.2, 0.25) is 10.0 Å². The van der Waals surface area contributed by atoms with Gasteiger partial charge in [-0.25, -0.2) is 0 Å². The van der Waals surface area contributed by atoms with E-state index >= 15 is 0 Å². The van der Waals surface area contributed by atoms with Crippen LogP contribution < -0.4 is 5.32 Å². The Morgan fingerprint density at radius 3 is 2.61 bits per heavy atom. The van der Waals surface area contributed by atoms with Crippen molar-refractivity contribution in [1.29, 1.82) is 0 Å². The molecule has 28 heavy (non-hydrogen) atoms. The molecule has 4 nitrogen and oxygen atoms in total. The number of aromatic nitrogens is 2. The predicted molar refractivity (Wildman–Crippen MR) is 105 cm³/mol. The molecule has 0 spiro atoms. The Kier molecular flexibility index (Phi) is 6.02. The van der Waals surface area contributed by atoms with E-state index in [0.29, 0.717) is 21.1 Å². The SMILES string of the molecule is O=C(Nc1nn(Cc2ccc(Cl)cc2Cl)cc1Br)c1cccc(C(F)(F)F)c1. The zero-order valence-electron chi connectivity index (χ0n) is 13.9. The average Bonchev–Trinajstić information content (AvgIpc) is 2.96. The molecule has 0 fully saturated rings. The molecular weight excluding hydrogens is 482 g/mol. The van der Waals surface area contributed by atoms with Gasteiger partial charge in [-0.3, -0.25) is 9.48 Å². The molecule has 0 aliphatic heterocycles. The van der Waals surface area contributed by atoms with Crippen molar-refractivity contribution in [2.75, 3.05) is 5.32 Å². The third kappa shape index (κ3) is 4.87. The van der Waals surface area contributed by atoms with Gasteiger partial charge in [0.25, 0.3) is 5.91 Å². The number of alkyl halides is 3. The number of halogens is 6. The van der Waals surface area contributed by atoms with E-state index in [0.717, 1.165) is 17.7 Å². The van der Waals surface area contributed by atoms with E-state index in [1.807, 2.05) is 0 Å². The third-order valence-electron chi connectivity index (χ3n) is 3.75. The molecule has 0 aliphatic rings. The molecule has 0 bridgehead atoms. The van der Waals surface area contributed by atoms with Crippen LogP contribution in [-0.2, 0) is 12.7 Å². The van der Waals surface area contributed by atoms with Crippen LogP contribution in [0.3, 0.4) is 0 Å². The van der Waals surface area contributed by atoms with Crippen molar-refractivity contribution in [2.45, 2.75) is 12.7 Å². The fourth-order valence-corrected chi connectivity index (χ4v) is 3.29. The summed E-state index contributed by atoms with van der Waals surface area (Å²) in [5.74, 6) is -0.533. The van der Waals surface area contributed by atoms with Gasteiger partial charge in [0, 0.05) is 21.8 Å². The summed E-state index contributed by atoms with van der Waals surface area (Å²) in [5.41, 5.74) is -0.268. The molecule has 10 heteroatoms. The zero-order valence-corrected chi connectivity index (χ0v) is 17.0. The molecular formula is C18H11BrCl2F3N3O. The van der Waals surface area contributed by atoms with Gasteiger partial charge >= 0.3 is 6.18 Å². The molecule has 0 atom stereocenters. The Hall–Kier alpha value is -2.03. The normalized spacial score (nSPS) is 11.5. The smallest absolute Gasteiger partial charge is 0.304 e. The molecule has 3 rings (SSSR count). The Bertz CT molecular complexity index is 1040. The van der Waals surface area contributed by atoms with E-state index in [1.165, 1.54) is 16.8 Å². The van der Waals surface area contributed by atoms with E-state index < -0.39 is 17.6 Å². The number of carbonyl (C=O) groups is 1. The summed E-state index contributed by atoms with van der Waals surface area (Å²) in [5, 5.41) is 7.70. The van der Waals surface area contributed by atoms with Gasteiger partial charge < -0.3 is 5.32 Å². The minimum atomic E-state index is -4.53. The molecule has 0 saturated heterocycles. The van der Waals surface area contributed by atoms with Crippen LogP contribution >= 0.6 is 39.1 Å². The van der Waals surface area contributed by atoms with Crippen LogP contribution in [0.1, 0.15) is 21.5 Å². The highest BCUT2D eigenvalue weighted by Crippen LogP contribution is 2.30. The summed E-state index contributed by atoms with van der Waals surface area (Å²) in [6.07, 6.45) is -2.91. The molecule has 2 aromatic carbocycles. The summed E-state index contributed by atoms with van der Waals surface area (Å²) in [6.45, 7) is 0.314. The van der Waals surface area contributed by atoms with Crippen molar-refractivity contribution in [3.05, 3.63) is 79.9 Å². The first-order valence-electron chi connectivity index (χ1n) is 7.79. The maximum absolute atomic E-state index is 12.8. The number of hydrogen-bond acceptors (Lipinski definition) is 2. The highest BCUT2D eigenvalue weighted by atomic mass is 79.9. The van der Waals surface area contributed by atoms with Crippen LogP contribution in [-0.4, -0.2) is 15.7 Å². The highest BCUT2D eigenvalue weighted by Gasteiger charge is 2.31. The fraction of sp³-hybridized carbons (Fsp3) is 0.111. The van der Waals surface area contributed by atoms with E-state index in [-0.39, 0.29) is 11.4 Å². The molecule has 0 saturated carbocycles. The second-order valence-corrected chi connectivity index (χ2v) is 7.49. The lowest BCUT2D eigenvalue weighted by molar-refractivity contribution is -0.137. The second kappa shape index (κ2) is 8.14. The minimum Gasteiger partial charge on any atom is -0.304 e. The van der Waals surface area contributed by atoms with Crippen molar-refractivity contribution < 1.29 is 18.0 Å². The lowest BCUT2D eigenvalue weighted by Crippen LogP contribution is -2.15. The van der Waals surface area contributed by atoms with E-state index in [9.17, 15) is 18.0 Å². The highest BCUT2D eigenvalue weighted by molar-refractivity contribution is 9.10. The first kappa shape index (κ1) is 20.7. The Labute approximate surface area is 176 Å². The number of nitrogens with zero attached hydrogens (tertiary/aromatic N) is 2. The molecule has 1 aromatic heterocycles. The standard InChI is InChI=1S/C18H11BrCl2F3N3O/c19-14-9-27(8-11-4-5-13(20)7-15(11)21)26-16(14)25-17(28)10-2-1-3-12(6-10)18(22,23)24/h1-7,9H,8H2,(H,25,26,28). The van der Waals surface area contributed by atoms with Gasteiger partial charge in [-0.05, 0) is 51.8 Å². The summed E-state index contributed by atoms with van der Waals surface area (Å²) < 4.78 is 40.4. The summed E-state index contributed by atoms with van der Waals surface area (Å²) >= 11 is 15.3. The third-order valence-corrected chi connectivity index (χ3v) is 4.92. The average molecular weight is 493 g/mol. The summed E-state index contributed by atoms with van der Waals surface area (Å²) in [7, 11) is 0.